The predicted octanol–water partition coefficient (Wildman–Crippen LogP) is 3.75. The van der Waals surface area contributed by atoms with Crippen LogP contribution in [0.25, 0.3) is 0 Å². The normalized spacial score (nSPS) is 36.2. The molecule has 2 aliphatic carbocycles. The Morgan fingerprint density at radius 1 is 1.16 bits per heavy atom. The van der Waals surface area contributed by atoms with Crippen LogP contribution in [0, 0.1) is 17.3 Å². The molecule has 0 amide bonds. The van der Waals surface area contributed by atoms with Crippen LogP contribution in [0.2, 0.25) is 0 Å². The molecule has 1 saturated heterocycles. The van der Waals surface area contributed by atoms with Gasteiger partial charge in [0.2, 0.25) is 0 Å². The minimum absolute atomic E-state index is 0.478. The van der Waals surface area contributed by atoms with Gasteiger partial charge < -0.3 is 10.1 Å². The quantitative estimate of drug-likeness (QED) is 0.708. The first-order valence-corrected chi connectivity index (χ1v) is 8.66. The molecule has 2 heteroatoms. The van der Waals surface area contributed by atoms with Crippen molar-refractivity contribution in [3.8, 4) is 0 Å². The Labute approximate surface area is 118 Å². The summed E-state index contributed by atoms with van der Waals surface area (Å²) in [5, 5.41) is 3.72. The van der Waals surface area contributed by atoms with Gasteiger partial charge in [-0.2, -0.15) is 0 Å². The summed E-state index contributed by atoms with van der Waals surface area (Å²) in [5.74, 6) is 1.89. The Balaban J connectivity index is 1.65. The molecule has 1 aliphatic heterocycles. The van der Waals surface area contributed by atoms with E-state index in [4.69, 9.17) is 4.74 Å². The van der Waals surface area contributed by atoms with E-state index in [2.05, 4.69) is 12.2 Å². The molecule has 2 saturated carbocycles. The molecule has 2 unspecified atom stereocenters. The molecule has 1 N–H and O–H groups in total. The van der Waals surface area contributed by atoms with Gasteiger partial charge in [0.25, 0.3) is 0 Å². The van der Waals surface area contributed by atoms with Crippen molar-refractivity contribution >= 4 is 0 Å². The average molecular weight is 265 g/mol. The van der Waals surface area contributed by atoms with Crippen LogP contribution < -0.4 is 5.32 Å². The Morgan fingerprint density at radius 2 is 1.95 bits per heavy atom. The number of rotatable bonds is 7. The molecule has 2 atom stereocenters. The van der Waals surface area contributed by atoms with Crippen LogP contribution in [0.4, 0.5) is 0 Å². The summed E-state index contributed by atoms with van der Waals surface area (Å²) in [6, 6.07) is 0. The van der Waals surface area contributed by atoms with Crippen LogP contribution in [-0.4, -0.2) is 25.8 Å². The van der Waals surface area contributed by atoms with E-state index < -0.39 is 0 Å². The Bertz CT molecular complexity index is 283. The first kappa shape index (κ1) is 13.9. The van der Waals surface area contributed by atoms with Gasteiger partial charge in [0.05, 0.1) is 6.10 Å². The Hall–Kier alpha value is -0.0800. The third kappa shape index (κ3) is 3.16. The molecule has 1 heterocycles. The maximum absolute atomic E-state index is 6.19. The molecular weight excluding hydrogens is 234 g/mol. The van der Waals surface area contributed by atoms with Crippen LogP contribution in [0.5, 0.6) is 0 Å². The third-order valence-electron chi connectivity index (χ3n) is 5.62. The SMILES string of the molecule is CCCNCC1(CC2CCCC2)CCOC1C1CC1. The molecule has 3 rings (SSSR count). The highest BCUT2D eigenvalue weighted by molar-refractivity contribution is 5.01. The largest absolute Gasteiger partial charge is 0.377 e. The van der Waals surface area contributed by atoms with Crippen LogP contribution in [0.3, 0.4) is 0 Å². The maximum atomic E-state index is 6.19. The lowest BCUT2D eigenvalue weighted by Crippen LogP contribution is -2.43. The fourth-order valence-corrected chi connectivity index (χ4v) is 4.53. The van der Waals surface area contributed by atoms with Gasteiger partial charge >= 0.3 is 0 Å². The smallest absolute Gasteiger partial charge is 0.0672 e. The van der Waals surface area contributed by atoms with Crippen LogP contribution in [-0.2, 0) is 4.74 Å². The van der Waals surface area contributed by atoms with Crippen LogP contribution in [0.15, 0.2) is 0 Å². The molecule has 19 heavy (non-hydrogen) atoms. The van der Waals surface area contributed by atoms with Crippen molar-refractivity contribution in [2.24, 2.45) is 17.3 Å². The van der Waals surface area contributed by atoms with E-state index >= 15 is 0 Å². The first-order valence-electron chi connectivity index (χ1n) is 8.66. The number of nitrogens with one attached hydrogen (secondary N) is 1. The molecule has 2 nitrogen and oxygen atoms in total. The van der Waals surface area contributed by atoms with Gasteiger partial charge in [-0.25, -0.2) is 0 Å². The first-order chi connectivity index (χ1) is 9.34. The number of hydrogen-bond donors (Lipinski definition) is 1. The molecular formula is C17H31NO. The highest BCUT2D eigenvalue weighted by Crippen LogP contribution is 2.52. The molecule has 110 valence electrons. The summed E-state index contributed by atoms with van der Waals surface area (Å²) in [6.07, 6.45) is 13.3. The highest BCUT2D eigenvalue weighted by atomic mass is 16.5. The fourth-order valence-electron chi connectivity index (χ4n) is 4.53. The minimum Gasteiger partial charge on any atom is -0.377 e. The zero-order chi connectivity index (χ0) is 13.1. The van der Waals surface area contributed by atoms with Gasteiger partial charge in [-0.15, -0.1) is 0 Å². The van der Waals surface area contributed by atoms with Crippen molar-refractivity contribution in [1.82, 2.24) is 5.32 Å². The van der Waals surface area contributed by atoms with E-state index in [0.717, 1.165) is 18.4 Å². The molecule has 0 bridgehead atoms. The van der Waals surface area contributed by atoms with Crippen molar-refractivity contribution in [3.63, 3.8) is 0 Å². The highest BCUT2D eigenvalue weighted by Gasteiger charge is 2.51. The second-order valence-electron chi connectivity index (χ2n) is 7.27. The van der Waals surface area contributed by atoms with Gasteiger partial charge in [0, 0.05) is 18.6 Å². The van der Waals surface area contributed by atoms with E-state index in [0.29, 0.717) is 11.5 Å². The van der Waals surface area contributed by atoms with E-state index in [-0.39, 0.29) is 0 Å². The van der Waals surface area contributed by atoms with Gasteiger partial charge in [-0.1, -0.05) is 32.6 Å². The lowest BCUT2D eigenvalue weighted by Gasteiger charge is -2.37. The van der Waals surface area contributed by atoms with Gasteiger partial charge in [-0.05, 0) is 50.5 Å². The fraction of sp³-hybridized carbons (Fsp3) is 1.00. The van der Waals surface area contributed by atoms with E-state index in [1.807, 2.05) is 0 Å². The Kier molecular flexibility index (Phi) is 4.48. The van der Waals surface area contributed by atoms with Crippen molar-refractivity contribution < 1.29 is 4.74 Å². The number of ether oxygens (including phenoxy) is 1. The van der Waals surface area contributed by atoms with E-state index in [9.17, 15) is 0 Å². The van der Waals surface area contributed by atoms with Crippen molar-refractivity contribution in [1.29, 1.82) is 0 Å². The summed E-state index contributed by atoms with van der Waals surface area (Å²) in [5.41, 5.74) is 0.478. The zero-order valence-electron chi connectivity index (χ0n) is 12.6. The minimum atomic E-state index is 0.478. The molecule has 0 radical (unpaired) electrons. The summed E-state index contributed by atoms with van der Waals surface area (Å²) in [4.78, 5) is 0. The number of hydrogen-bond acceptors (Lipinski definition) is 2. The van der Waals surface area contributed by atoms with Crippen LogP contribution >= 0.6 is 0 Å². The monoisotopic (exact) mass is 265 g/mol. The predicted molar refractivity (Wildman–Crippen MR) is 79.2 cm³/mol. The van der Waals surface area contributed by atoms with Gasteiger partial charge in [0.15, 0.2) is 0 Å². The Morgan fingerprint density at radius 3 is 2.63 bits per heavy atom. The molecule has 0 aromatic heterocycles. The lowest BCUT2D eigenvalue weighted by atomic mass is 9.72. The molecule has 0 aromatic carbocycles. The average Bonchev–Trinajstić information content (AvgIpc) is 2.97. The summed E-state index contributed by atoms with van der Waals surface area (Å²) >= 11 is 0. The topological polar surface area (TPSA) is 21.3 Å². The van der Waals surface area contributed by atoms with Crippen LogP contribution in [0.1, 0.15) is 64.7 Å². The third-order valence-corrected chi connectivity index (χ3v) is 5.62. The molecule has 0 aromatic rings. The second-order valence-corrected chi connectivity index (χ2v) is 7.27. The standard InChI is InChI=1S/C17H31NO/c1-2-10-18-13-17(12-14-5-3-4-6-14)9-11-19-16(17)15-7-8-15/h14-16,18H,2-13H2,1H3. The zero-order valence-corrected chi connectivity index (χ0v) is 12.6. The molecule has 0 spiro atoms. The lowest BCUT2D eigenvalue weighted by molar-refractivity contribution is 0.0189. The second kappa shape index (κ2) is 6.13. The summed E-state index contributed by atoms with van der Waals surface area (Å²) in [7, 11) is 0. The van der Waals surface area contributed by atoms with Crippen molar-refractivity contribution in [2.45, 2.75) is 70.8 Å². The molecule has 3 fully saturated rings. The van der Waals surface area contributed by atoms with Crippen molar-refractivity contribution in [2.75, 3.05) is 19.7 Å². The van der Waals surface area contributed by atoms with Gasteiger partial charge in [-0.3, -0.25) is 0 Å². The summed E-state index contributed by atoms with van der Waals surface area (Å²) < 4.78 is 6.19. The van der Waals surface area contributed by atoms with E-state index in [1.165, 1.54) is 70.9 Å². The van der Waals surface area contributed by atoms with Gasteiger partial charge in [0.1, 0.15) is 0 Å². The van der Waals surface area contributed by atoms with Crippen molar-refractivity contribution in [3.05, 3.63) is 0 Å². The van der Waals surface area contributed by atoms with E-state index in [1.54, 1.807) is 0 Å². The maximum Gasteiger partial charge on any atom is 0.0672 e. The summed E-state index contributed by atoms with van der Waals surface area (Å²) in [6.45, 7) is 5.66. The molecule has 3 aliphatic rings.